The molecule has 1 aromatic rings. The molecule has 1 aromatic heterocycles. The van der Waals surface area contributed by atoms with Crippen LogP contribution in [-0.4, -0.2) is 30.0 Å². The second-order valence-corrected chi connectivity index (χ2v) is 5.40. The van der Waals surface area contributed by atoms with Crippen molar-refractivity contribution in [2.75, 3.05) is 19.8 Å². The van der Waals surface area contributed by atoms with E-state index in [1.165, 1.54) is 11.3 Å². The Morgan fingerprint density at radius 1 is 1.43 bits per heavy atom. The van der Waals surface area contributed by atoms with Gasteiger partial charge in [0.05, 0.1) is 6.61 Å². The number of hydrogen-bond acceptors (Lipinski definition) is 5. The maximum absolute atomic E-state index is 5.53. The van der Waals surface area contributed by atoms with Crippen LogP contribution in [-0.2, 0) is 4.74 Å². The molecule has 4 nitrogen and oxygen atoms in total. The standard InChI is InChI=1S/C8H11BrN2O2S/c9-7-10-11-8(14-7)13-5-6-1-3-12-4-2-6/h6H,1-5H2. The highest BCUT2D eigenvalue weighted by molar-refractivity contribution is 9.11. The summed E-state index contributed by atoms with van der Waals surface area (Å²) in [7, 11) is 0. The predicted octanol–water partition coefficient (Wildman–Crippen LogP) is 2.11. The third kappa shape index (κ3) is 2.90. The van der Waals surface area contributed by atoms with E-state index >= 15 is 0 Å². The van der Waals surface area contributed by atoms with Crippen LogP contribution in [0.25, 0.3) is 0 Å². The molecule has 6 heteroatoms. The van der Waals surface area contributed by atoms with Gasteiger partial charge in [-0.3, -0.25) is 0 Å². The summed E-state index contributed by atoms with van der Waals surface area (Å²) in [6, 6.07) is 0. The van der Waals surface area contributed by atoms with E-state index < -0.39 is 0 Å². The summed E-state index contributed by atoms with van der Waals surface area (Å²) in [5, 5.41) is 8.33. The van der Waals surface area contributed by atoms with Crippen molar-refractivity contribution >= 4 is 27.3 Å². The minimum absolute atomic E-state index is 0.603. The zero-order valence-corrected chi connectivity index (χ0v) is 10.0. The third-order valence-electron chi connectivity index (χ3n) is 2.17. The van der Waals surface area contributed by atoms with Crippen molar-refractivity contribution < 1.29 is 9.47 Å². The Balaban J connectivity index is 1.76. The second kappa shape index (κ2) is 5.04. The first kappa shape index (κ1) is 10.3. The zero-order chi connectivity index (χ0) is 9.80. The first-order chi connectivity index (χ1) is 6.84. The van der Waals surface area contributed by atoms with E-state index in [0.717, 1.165) is 36.6 Å². The fraction of sp³-hybridized carbons (Fsp3) is 0.750. The summed E-state index contributed by atoms with van der Waals surface area (Å²) in [5.41, 5.74) is 0. The van der Waals surface area contributed by atoms with Crippen molar-refractivity contribution in [3.05, 3.63) is 3.92 Å². The monoisotopic (exact) mass is 278 g/mol. The van der Waals surface area contributed by atoms with Crippen molar-refractivity contribution in [3.8, 4) is 5.19 Å². The first-order valence-electron chi connectivity index (χ1n) is 4.54. The summed E-state index contributed by atoms with van der Waals surface area (Å²) in [5.74, 6) is 0.603. The molecule has 0 bridgehead atoms. The van der Waals surface area contributed by atoms with Gasteiger partial charge >= 0.3 is 0 Å². The summed E-state index contributed by atoms with van der Waals surface area (Å²) < 4.78 is 11.6. The van der Waals surface area contributed by atoms with Crippen LogP contribution in [0.3, 0.4) is 0 Å². The molecule has 0 radical (unpaired) electrons. The van der Waals surface area contributed by atoms with Gasteiger partial charge < -0.3 is 9.47 Å². The van der Waals surface area contributed by atoms with Crippen molar-refractivity contribution in [1.29, 1.82) is 0 Å². The van der Waals surface area contributed by atoms with Crippen LogP contribution in [0.4, 0.5) is 0 Å². The molecule has 0 saturated carbocycles. The summed E-state index contributed by atoms with van der Waals surface area (Å²) >= 11 is 4.66. The smallest absolute Gasteiger partial charge is 0.294 e. The number of nitrogens with zero attached hydrogens (tertiary/aromatic N) is 2. The van der Waals surface area contributed by atoms with Crippen molar-refractivity contribution in [2.45, 2.75) is 12.8 Å². The van der Waals surface area contributed by atoms with Gasteiger partial charge in [0.1, 0.15) is 0 Å². The van der Waals surface area contributed by atoms with Crippen LogP contribution in [0.1, 0.15) is 12.8 Å². The van der Waals surface area contributed by atoms with E-state index in [0.29, 0.717) is 11.1 Å². The van der Waals surface area contributed by atoms with Crippen LogP contribution in [0.2, 0.25) is 0 Å². The third-order valence-corrected chi connectivity index (χ3v) is 3.43. The average Bonchev–Trinajstić information content (AvgIpc) is 2.63. The van der Waals surface area contributed by atoms with Crippen molar-refractivity contribution in [3.63, 3.8) is 0 Å². The molecule has 0 aromatic carbocycles. The van der Waals surface area contributed by atoms with Gasteiger partial charge in [0, 0.05) is 13.2 Å². The number of ether oxygens (including phenoxy) is 2. The molecular weight excluding hydrogens is 268 g/mol. The van der Waals surface area contributed by atoms with E-state index in [-0.39, 0.29) is 0 Å². The Morgan fingerprint density at radius 3 is 2.86 bits per heavy atom. The van der Waals surface area contributed by atoms with Gasteiger partial charge in [-0.2, -0.15) is 0 Å². The Hall–Kier alpha value is -0.200. The normalized spacial score (nSPS) is 18.4. The molecule has 2 rings (SSSR count). The van der Waals surface area contributed by atoms with Crippen LogP contribution < -0.4 is 4.74 Å². The molecule has 0 aliphatic carbocycles. The van der Waals surface area contributed by atoms with Crippen molar-refractivity contribution in [2.24, 2.45) is 5.92 Å². The lowest BCUT2D eigenvalue weighted by Crippen LogP contribution is -2.21. The average molecular weight is 279 g/mol. The summed E-state index contributed by atoms with van der Waals surface area (Å²) in [4.78, 5) is 0. The number of halogens is 1. The Kier molecular flexibility index (Phi) is 3.72. The van der Waals surface area contributed by atoms with Crippen LogP contribution in [0.5, 0.6) is 5.19 Å². The second-order valence-electron chi connectivity index (χ2n) is 3.19. The number of hydrogen-bond donors (Lipinski definition) is 0. The van der Waals surface area contributed by atoms with Gasteiger partial charge in [-0.15, -0.1) is 5.10 Å². The minimum atomic E-state index is 0.603. The van der Waals surface area contributed by atoms with E-state index in [1.807, 2.05) is 0 Å². The quantitative estimate of drug-likeness (QED) is 0.850. The van der Waals surface area contributed by atoms with E-state index in [4.69, 9.17) is 9.47 Å². The lowest BCUT2D eigenvalue weighted by atomic mass is 10.0. The topological polar surface area (TPSA) is 44.2 Å². The van der Waals surface area contributed by atoms with Gasteiger partial charge in [-0.1, -0.05) is 5.10 Å². The van der Waals surface area contributed by atoms with Gasteiger partial charge in [0.25, 0.3) is 5.19 Å². The Bertz CT molecular complexity index is 289. The van der Waals surface area contributed by atoms with E-state index in [9.17, 15) is 0 Å². The SMILES string of the molecule is Brc1nnc(OCC2CCOCC2)s1. The highest BCUT2D eigenvalue weighted by atomic mass is 79.9. The molecule has 1 aliphatic rings. The zero-order valence-electron chi connectivity index (χ0n) is 7.61. The highest BCUT2D eigenvalue weighted by Crippen LogP contribution is 2.24. The number of rotatable bonds is 3. The molecule has 1 aliphatic heterocycles. The van der Waals surface area contributed by atoms with Crippen molar-refractivity contribution in [1.82, 2.24) is 10.2 Å². The highest BCUT2D eigenvalue weighted by Gasteiger charge is 2.15. The lowest BCUT2D eigenvalue weighted by molar-refractivity contribution is 0.0496. The van der Waals surface area contributed by atoms with Crippen LogP contribution in [0, 0.1) is 5.92 Å². The summed E-state index contributed by atoms with van der Waals surface area (Å²) in [6.07, 6.45) is 2.17. The van der Waals surface area contributed by atoms with Gasteiger partial charge in [-0.05, 0) is 46.0 Å². The molecule has 0 spiro atoms. The van der Waals surface area contributed by atoms with Crippen LogP contribution in [0.15, 0.2) is 3.92 Å². The maximum Gasteiger partial charge on any atom is 0.294 e. The van der Waals surface area contributed by atoms with Gasteiger partial charge in [0.2, 0.25) is 0 Å². The summed E-state index contributed by atoms with van der Waals surface area (Å²) in [6.45, 7) is 2.44. The molecule has 0 N–H and O–H groups in total. The fourth-order valence-corrected chi connectivity index (χ4v) is 2.28. The van der Waals surface area contributed by atoms with Gasteiger partial charge in [-0.25, -0.2) is 0 Å². The Morgan fingerprint density at radius 2 is 2.21 bits per heavy atom. The molecule has 78 valence electrons. The van der Waals surface area contributed by atoms with E-state index in [2.05, 4.69) is 26.1 Å². The molecule has 2 heterocycles. The maximum atomic E-state index is 5.53. The minimum Gasteiger partial charge on any atom is -0.469 e. The molecule has 0 unspecified atom stereocenters. The Labute approximate surface area is 94.8 Å². The number of aromatic nitrogens is 2. The molecule has 14 heavy (non-hydrogen) atoms. The first-order valence-corrected chi connectivity index (χ1v) is 6.15. The van der Waals surface area contributed by atoms with E-state index in [1.54, 1.807) is 0 Å². The molecule has 0 amide bonds. The molecule has 1 saturated heterocycles. The lowest BCUT2D eigenvalue weighted by Gasteiger charge is -2.21. The molecule has 0 atom stereocenters. The molecular formula is C8H11BrN2O2S. The van der Waals surface area contributed by atoms with Gasteiger partial charge in [0.15, 0.2) is 3.92 Å². The molecule has 1 fully saturated rings. The van der Waals surface area contributed by atoms with Crippen LogP contribution >= 0.6 is 27.3 Å². The fourth-order valence-electron chi connectivity index (χ4n) is 1.35. The predicted molar refractivity (Wildman–Crippen MR) is 56.6 cm³/mol. The largest absolute Gasteiger partial charge is 0.469 e.